The quantitative estimate of drug-likeness (QED) is 0.811. The molecule has 1 aromatic heterocycles. The van der Waals surface area contributed by atoms with Crippen LogP contribution in [-0.4, -0.2) is 48.9 Å². The molecule has 1 aliphatic heterocycles. The molecule has 1 aromatic rings. The molecule has 0 atom stereocenters. The van der Waals surface area contributed by atoms with Crippen molar-refractivity contribution in [3.8, 4) is 0 Å². The predicted molar refractivity (Wildman–Crippen MR) is 73.2 cm³/mol. The number of nitrogens with one attached hydrogen (secondary N) is 2. The molecule has 0 spiro atoms. The zero-order valence-electron chi connectivity index (χ0n) is 11.3. The summed E-state index contributed by atoms with van der Waals surface area (Å²) in [6.45, 7) is 5.13. The summed E-state index contributed by atoms with van der Waals surface area (Å²) in [7, 11) is -3.42. The van der Waals surface area contributed by atoms with Crippen molar-refractivity contribution in [2.75, 3.05) is 26.2 Å². The summed E-state index contributed by atoms with van der Waals surface area (Å²) in [6, 6.07) is 0. The molecule has 0 bridgehead atoms. The lowest BCUT2D eigenvalue weighted by atomic mass is 9.98. The normalized spacial score (nSPS) is 18.0. The molecule has 2 rings (SSSR count). The number of rotatable bonds is 6. The summed E-state index contributed by atoms with van der Waals surface area (Å²) in [6.07, 6.45) is 5.68. The maximum Gasteiger partial charge on any atom is 0.260 e. The fourth-order valence-corrected chi connectivity index (χ4v) is 3.94. The molecule has 2 N–H and O–H groups in total. The third kappa shape index (κ3) is 3.55. The van der Waals surface area contributed by atoms with E-state index >= 15 is 0 Å². The average Bonchev–Trinajstić information content (AvgIpc) is 2.94. The number of imidazole rings is 1. The molecule has 0 aromatic carbocycles. The van der Waals surface area contributed by atoms with Gasteiger partial charge >= 0.3 is 0 Å². The van der Waals surface area contributed by atoms with Crippen molar-refractivity contribution in [1.29, 1.82) is 0 Å². The molecule has 1 aliphatic rings. The van der Waals surface area contributed by atoms with E-state index in [4.69, 9.17) is 0 Å². The minimum atomic E-state index is -3.42. The van der Waals surface area contributed by atoms with Gasteiger partial charge in [-0.1, -0.05) is 6.92 Å². The first-order chi connectivity index (χ1) is 9.14. The molecule has 0 aliphatic carbocycles. The van der Waals surface area contributed by atoms with Crippen LogP contribution in [0.1, 0.15) is 26.2 Å². The molecule has 0 saturated carbocycles. The van der Waals surface area contributed by atoms with Crippen LogP contribution < -0.4 is 5.32 Å². The molecule has 19 heavy (non-hydrogen) atoms. The van der Waals surface area contributed by atoms with Crippen LogP contribution in [0.3, 0.4) is 0 Å². The second kappa shape index (κ2) is 6.49. The number of hydrogen-bond acceptors (Lipinski definition) is 4. The summed E-state index contributed by atoms with van der Waals surface area (Å²) in [5, 5.41) is 3.49. The fourth-order valence-electron chi connectivity index (χ4n) is 2.43. The van der Waals surface area contributed by atoms with Gasteiger partial charge in [-0.2, -0.15) is 4.31 Å². The zero-order valence-corrected chi connectivity index (χ0v) is 12.1. The summed E-state index contributed by atoms with van der Waals surface area (Å²) < 4.78 is 26.6. The van der Waals surface area contributed by atoms with E-state index in [0.717, 1.165) is 32.4 Å². The monoisotopic (exact) mass is 286 g/mol. The standard InChI is InChI=1S/C12H22N4O2S/c1-2-7-16(9-11-3-5-13-6-4-11)19(17,18)12-8-14-10-15-12/h8,10-11,13H,2-7,9H2,1H3,(H,14,15). The molecule has 7 heteroatoms. The SMILES string of the molecule is CCCN(CC1CCNCC1)S(=O)(=O)c1cnc[nH]1. The highest BCUT2D eigenvalue weighted by atomic mass is 32.2. The Morgan fingerprint density at radius 1 is 1.42 bits per heavy atom. The van der Waals surface area contributed by atoms with Gasteiger partial charge < -0.3 is 10.3 Å². The molecule has 0 radical (unpaired) electrons. The van der Waals surface area contributed by atoms with Crippen LogP contribution in [0.5, 0.6) is 0 Å². The average molecular weight is 286 g/mol. The highest BCUT2D eigenvalue weighted by Gasteiger charge is 2.28. The van der Waals surface area contributed by atoms with E-state index in [1.807, 2.05) is 6.92 Å². The summed E-state index contributed by atoms with van der Waals surface area (Å²) in [4.78, 5) is 6.51. The third-order valence-corrected chi connectivity index (χ3v) is 5.28. The van der Waals surface area contributed by atoms with Crippen molar-refractivity contribution >= 4 is 10.0 Å². The Kier molecular flexibility index (Phi) is 4.95. The highest BCUT2D eigenvalue weighted by Crippen LogP contribution is 2.19. The van der Waals surface area contributed by atoms with Crippen molar-refractivity contribution in [2.24, 2.45) is 5.92 Å². The van der Waals surface area contributed by atoms with E-state index < -0.39 is 10.0 Å². The van der Waals surface area contributed by atoms with Crippen molar-refractivity contribution in [1.82, 2.24) is 19.6 Å². The van der Waals surface area contributed by atoms with E-state index in [-0.39, 0.29) is 5.03 Å². The highest BCUT2D eigenvalue weighted by molar-refractivity contribution is 7.89. The first-order valence-electron chi connectivity index (χ1n) is 6.84. The molecular weight excluding hydrogens is 264 g/mol. The third-order valence-electron chi connectivity index (χ3n) is 3.48. The van der Waals surface area contributed by atoms with Crippen molar-refractivity contribution < 1.29 is 8.42 Å². The molecule has 2 heterocycles. The minimum Gasteiger partial charge on any atom is -0.335 e. The zero-order chi connectivity index (χ0) is 13.7. The van der Waals surface area contributed by atoms with Gasteiger partial charge in [0.25, 0.3) is 10.0 Å². The number of sulfonamides is 1. The Hall–Kier alpha value is -0.920. The molecule has 1 fully saturated rings. The van der Waals surface area contributed by atoms with E-state index in [2.05, 4.69) is 15.3 Å². The van der Waals surface area contributed by atoms with Gasteiger partial charge in [0.2, 0.25) is 0 Å². The Morgan fingerprint density at radius 3 is 2.74 bits per heavy atom. The Bertz CT molecular complexity index is 466. The Balaban J connectivity index is 2.10. The van der Waals surface area contributed by atoms with E-state index in [0.29, 0.717) is 19.0 Å². The van der Waals surface area contributed by atoms with E-state index in [9.17, 15) is 8.42 Å². The topological polar surface area (TPSA) is 78.1 Å². The van der Waals surface area contributed by atoms with Crippen LogP contribution in [0.15, 0.2) is 17.6 Å². The summed E-state index contributed by atoms with van der Waals surface area (Å²) in [5.41, 5.74) is 0. The smallest absolute Gasteiger partial charge is 0.260 e. The second-order valence-electron chi connectivity index (χ2n) is 4.97. The number of aromatic nitrogens is 2. The van der Waals surface area contributed by atoms with Crippen LogP contribution in [0.4, 0.5) is 0 Å². The minimum absolute atomic E-state index is 0.190. The number of aromatic amines is 1. The van der Waals surface area contributed by atoms with Gasteiger partial charge in [-0.3, -0.25) is 0 Å². The Morgan fingerprint density at radius 2 is 2.16 bits per heavy atom. The summed E-state index contributed by atoms with van der Waals surface area (Å²) >= 11 is 0. The molecule has 0 unspecified atom stereocenters. The van der Waals surface area contributed by atoms with Crippen LogP contribution in [0.2, 0.25) is 0 Å². The molecule has 6 nitrogen and oxygen atoms in total. The van der Waals surface area contributed by atoms with Gasteiger partial charge in [-0.25, -0.2) is 13.4 Å². The maximum absolute atomic E-state index is 12.5. The molecule has 108 valence electrons. The van der Waals surface area contributed by atoms with Crippen LogP contribution in [0.25, 0.3) is 0 Å². The second-order valence-corrected chi connectivity index (χ2v) is 6.88. The first-order valence-corrected chi connectivity index (χ1v) is 8.28. The Labute approximate surface area is 114 Å². The molecule has 1 saturated heterocycles. The maximum atomic E-state index is 12.5. The van der Waals surface area contributed by atoms with Gasteiger partial charge in [0, 0.05) is 13.1 Å². The number of hydrogen-bond donors (Lipinski definition) is 2. The van der Waals surface area contributed by atoms with Crippen LogP contribution in [0, 0.1) is 5.92 Å². The van der Waals surface area contributed by atoms with Gasteiger partial charge in [0.05, 0.1) is 12.5 Å². The lowest BCUT2D eigenvalue weighted by Crippen LogP contribution is -2.39. The van der Waals surface area contributed by atoms with Crippen molar-refractivity contribution in [3.05, 3.63) is 12.5 Å². The van der Waals surface area contributed by atoms with Gasteiger partial charge in [-0.05, 0) is 38.3 Å². The number of piperidine rings is 1. The molecule has 0 amide bonds. The number of H-pyrrole nitrogens is 1. The van der Waals surface area contributed by atoms with E-state index in [1.54, 1.807) is 4.31 Å². The fraction of sp³-hybridized carbons (Fsp3) is 0.750. The largest absolute Gasteiger partial charge is 0.335 e. The van der Waals surface area contributed by atoms with E-state index in [1.165, 1.54) is 12.5 Å². The van der Waals surface area contributed by atoms with Gasteiger partial charge in [0.15, 0.2) is 5.03 Å². The van der Waals surface area contributed by atoms with Crippen LogP contribution >= 0.6 is 0 Å². The lowest BCUT2D eigenvalue weighted by molar-refractivity contribution is 0.287. The van der Waals surface area contributed by atoms with Gasteiger partial charge in [0.1, 0.15) is 0 Å². The summed E-state index contributed by atoms with van der Waals surface area (Å²) in [5.74, 6) is 0.450. The van der Waals surface area contributed by atoms with Crippen molar-refractivity contribution in [3.63, 3.8) is 0 Å². The van der Waals surface area contributed by atoms with Crippen LogP contribution in [-0.2, 0) is 10.0 Å². The lowest BCUT2D eigenvalue weighted by Gasteiger charge is -2.28. The van der Waals surface area contributed by atoms with Crippen molar-refractivity contribution in [2.45, 2.75) is 31.2 Å². The first kappa shape index (κ1) is 14.5. The van der Waals surface area contributed by atoms with Gasteiger partial charge in [-0.15, -0.1) is 0 Å². The predicted octanol–water partition coefficient (Wildman–Crippen LogP) is 0.810. The number of nitrogens with zero attached hydrogens (tertiary/aromatic N) is 2. The molecular formula is C12H22N4O2S.